The molecule has 23 heavy (non-hydrogen) atoms. The van der Waals surface area contributed by atoms with E-state index in [1.54, 1.807) is 0 Å². The summed E-state index contributed by atoms with van der Waals surface area (Å²) in [6.45, 7) is 7.86. The summed E-state index contributed by atoms with van der Waals surface area (Å²) in [5.41, 5.74) is 0. The van der Waals surface area contributed by atoms with Crippen molar-refractivity contribution in [1.82, 2.24) is 0 Å². The lowest BCUT2D eigenvalue weighted by Crippen LogP contribution is -2.13. The van der Waals surface area contributed by atoms with Gasteiger partial charge >= 0.3 is 0 Å². The largest absolute Gasteiger partial charge is 0.378 e. The van der Waals surface area contributed by atoms with Crippen molar-refractivity contribution in [2.45, 2.75) is 136 Å². The normalized spacial score (nSPS) is 12.7. The van der Waals surface area contributed by atoms with Gasteiger partial charge in [-0.1, -0.05) is 111 Å². The number of unbranched alkanes of at least 4 members (excludes halogenated alkanes) is 12. The Labute approximate surface area is 148 Å². The van der Waals surface area contributed by atoms with Gasteiger partial charge in [-0.25, -0.2) is 0 Å². The fourth-order valence-corrected chi connectivity index (χ4v) is 3.27. The van der Waals surface area contributed by atoms with E-state index < -0.39 is 0 Å². The molecule has 0 aliphatic carbocycles. The molecule has 0 amide bonds. The van der Waals surface area contributed by atoms with Crippen molar-refractivity contribution < 1.29 is 4.74 Å². The molecule has 0 aliphatic rings. The molecule has 140 valence electrons. The molecule has 0 fully saturated rings. The average molecular weight is 327 g/mol. The van der Waals surface area contributed by atoms with Gasteiger partial charge in [0, 0.05) is 6.61 Å². The average Bonchev–Trinajstić information content (AvgIpc) is 2.56. The highest BCUT2D eigenvalue weighted by molar-refractivity contribution is 4.59. The Morgan fingerprint density at radius 1 is 0.478 bits per heavy atom. The Hall–Kier alpha value is -0.0400. The lowest BCUT2D eigenvalue weighted by atomic mass is 10.0. The first-order valence-electron chi connectivity index (χ1n) is 11.0. The van der Waals surface area contributed by atoms with Crippen LogP contribution in [0.1, 0.15) is 130 Å². The van der Waals surface area contributed by atoms with Crippen LogP contribution in [0.5, 0.6) is 0 Å². The molecule has 0 aromatic heterocycles. The smallest absolute Gasteiger partial charge is 0.0575 e. The Balaban J connectivity index is 3.42. The molecule has 0 aromatic carbocycles. The van der Waals surface area contributed by atoms with E-state index in [0.717, 1.165) is 6.61 Å². The predicted octanol–water partition coefficient (Wildman–Crippen LogP) is 8.06. The maximum absolute atomic E-state index is 6.16. The molecule has 1 unspecified atom stereocenters. The minimum Gasteiger partial charge on any atom is -0.378 e. The molecule has 0 aromatic rings. The molecule has 1 heteroatoms. The van der Waals surface area contributed by atoms with Gasteiger partial charge in [0.15, 0.2) is 0 Å². The fraction of sp³-hybridized carbons (Fsp3) is 1.00. The van der Waals surface area contributed by atoms with Crippen molar-refractivity contribution >= 4 is 0 Å². The fourth-order valence-electron chi connectivity index (χ4n) is 3.27. The third-order valence-electron chi connectivity index (χ3n) is 4.84. The van der Waals surface area contributed by atoms with Gasteiger partial charge in [0.2, 0.25) is 0 Å². The second-order valence-electron chi connectivity index (χ2n) is 7.31. The van der Waals surface area contributed by atoms with Gasteiger partial charge in [-0.3, -0.25) is 0 Å². The Bertz CT molecular complexity index is 202. The summed E-state index contributed by atoms with van der Waals surface area (Å²) in [6.07, 6.45) is 23.8. The molecular weight excluding hydrogens is 280 g/mol. The van der Waals surface area contributed by atoms with Crippen LogP contribution >= 0.6 is 0 Å². The van der Waals surface area contributed by atoms with Crippen LogP contribution < -0.4 is 0 Å². The van der Waals surface area contributed by atoms with Crippen LogP contribution in [0.15, 0.2) is 0 Å². The zero-order chi connectivity index (χ0) is 17.0. The molecule has 0 aliphatic heterocycles. The van der Waals surface area contributed by atoms with E-state index in [4.69, 9.17) is 4.74 Å². The molecule has 0 saturated heterocycles. The van der Waals surface area contributed by atoms with Crippen LogP contribution in [0.4, 0.5) is 0 Å². The maximum atomic E-state index is 6.16. The Morgan fingerprint density at radius 2 is 0.957 bits per heavy atom. The highest BCUT2D eigenvalue weighted by Crippen LogP contribution is 2.15. The third-order valence-corrected chi connectivity index (χ3v) is 4.84. The molecule has 0 bridgehead atoms. The standard InChI is InChI=1S/C22H46O/c1-4-7-9-11-13-14-16-18-21-23-22(19-6-3)20-17-15-12-10-8-5-2/h22H,4-21H2,1-3H3. The topological polar surface area (TPSA) is 9.23 Å². The zero-order valence-corrected chi connectivity index (χ0v) is 16.7. The van der Waals surface area contributed by atoms with Crippen LogP contribution in [-0.4, -0.2) is 12.7 Å². The molecule has 0 radical (unpaired) electrons. The van der Waals surface area contributed by atoms with Crippen LogP contribution in [-0.2, 0) is 4.74 Å². The highest BCUT2D eigenvalue weighted by Gasteiger charge is 2.07. The van der Waals surface area contributed by atoms with Gasteiger partial charge in [0.25, 0.3) is 0 Å². The summed E-state index contributed by atoms with van der Waals surface area (Å²) in [4.78, 5) is 0. The monoisotopic (exact) mass is 326 g/mol. The Morgan fingerprint density at radius 3 is 1.48 bits per heavy atom. The van der Waals surface area contributed by atoms with E-state index in [-0.39, 0.29) is 0 Å². The molecule has 0 spiro atoms. The summed E-state index contributed by atoms with van der Waals surface area (Å²) in [7, 11) is 0. The van der Waals surface area contributed by atoms with Crippen LogP contribution in [0.3, 0.4) is 0 Å². The van der Waals surface area contributed by atoms with Crippen molar-refractivity contribution in [2.75, 3.05) is 6.61 Å². The first-order valence-corrected chi connectivity index (χ1v) is 11.0. The lowest BCUT2D eigenvalue weighted by molar-refractivity contribution is 0.0370. The second-order valence-corrected chi connectivity index (χ2v) is 7.31. The summed E-state index contributed by atoms with van der Waals surface area (Å²) in [5, 5.41) is 0. The molecule has 0 heterocycles. The van der Waals surface area contributed by atoms with Crippen molar-refractivity contribution in [3.05, 3.63) is 0 Å². The predicted molar refractivity (Wildman–Crippen MR) is 105 cm³/mol. The summed E-state index contributed by atoms with van der Waals surface area (Å²) >= 11 is 0. The van der Waals surface area contributed by atoms with Gasteiger partial charge in [0.1, 0.15) is 0 Å². The summed E-state index contributed by atoms with van der Waals surface area (Å²) < 4.78 is 6.16. The quantitative estimate of drug-likeness (QED) is 0.218. The van der Waals surface area contributed by atoms with Crippen LogP contribution in [0.2, 0.25) is 0 Å². The molecule has 1 atom stereocenters. The van der Waals surface area contributed by atoms with Gasteiger partial charge in [-0.15, -0.1) is 0 Å². The first kappa shape index (κ1) is 23.0. The van der Waals surface area contributed by atoms with E-state index in [1.165, 1.54) is 109 Å². The molecule has 0 N–H and O–H groups in total. The minimum absolute atomic E-state index is 0.538. The SMILES string of the molecule is CCCCCCCCCCOC(CCC)CCCCCCCC. The first-order chi connectivity index (χ1) is 11.3. The molecule has 1 nitrogen and oxygen atoms in total. The van der Waals surface area contributed by atoms with Gasteiger partial charge in [-0.05, 0) is 19.3 Å². The number of rotatable bonds is 19. The van der Waals surface area contributed by atoms with Crippen LogP contribution in [0.25, 0.3) is 0 Å². The summed E-state index contributed by atoms with van der Waals surface area (Å²) in [6, 6.07) is 0. The van der Waals surface area contributed by atoms with Crippen LogP contribution in [0, 0.1) is 0 Å². The highest BCUT2D eigenvalue weighted by atomic mass is 16.5. The molecular formula is C22H46O. The minimum atomic E-state index is 0.538. The number of hydrogen-bond acceptors (Lipinski definition) is 1. The van der Waals surface area contributed by atoms with Crippen molar-refractivity contribution in [2.24, 2.45) is 0 Å². The van der Waals surface area contributed by atoms with E-state index in [9.17, 15) is 0 Å². The van der Waals surface area contributed by atoms with Gasteiger partial charge in [0.05, 0.1) is 6.10 Å². The van der Waals surface area contributed by atoms with E-state index in [0.29, 0.717) is 6.10 Å². The van der Waals surface area contributed by atoms with Crippen molar-refractivity contribution in [3.8, 4) is 0 Å². The van der Waals surface area contributed by atoms with Crippen molar-refractivity contribution in [1.29, 1.82) is 0 Å². The number of hydrogen-bond donors (Lipinski definition) is 0. The van der Waals surface area contributed by atoms with Gasteiger partial charge < -0.3 is 4.74 Å². The van der Waals surface area contributed by atoms with E-state index in [1.807, 2.05) is 0 Å². The zero-order valence-electron chi connectivity index (χ0n) is 16.7. The van der Waals surface area contributed by atoms with Crippen molar-refractivity contribution in [3.63, 3.8) is 0 Å². The van der Waals surface area contributed by atoms with Gasteiger partial charge in [-0.2, -0.15) is 0 Å². The number of ether oxygens (including phenoxy) is 1. The second kappa shape index (κ2) is 20.0. The third kappa shape index (κ3) is 18.1. The van der Waals surface area contributed by atoms with E-state index in [2.05, 4.69) is 20.8 Å². The molecule has 0 rings (SSSR count). The van der Waals surface area contributed by atoms with E-state index >= 15 is 0 Å². The molecule has 0 saturated carbocycles. The summed E-state index contributed by atoms with van der Waals surface area (Å²) in [5.74, 6) is 0. The lowest BCUT2D eigenvalue weighted by Gasteiger charge is -2.17. The maximum Gasteiger partial charge on any atom is 0.0575 e. The Kier molecular flexibility index (Phi) is 20.0.